The molecule has 0 bridgehead atoms. The van der Waals surface area contributed by atoms with Crippen LogP contribution in [0.2, 0.25) is 5.02 Å². The number of benzene rings is 3. The molecule has 2 saturated heterocycles. The largest absolute Gasteiger partial charge is 0.494 e. The van der Waals surface area contributed by atoms with Gasteiger partial charge in [0.15, 0.2) is 0 Å². The fourth-order valence-electron chi connectivity index (χ4n) is 7.83. The molecule has 4 aliphatic rings. The molecule has 1 unspecified atom stereocenters. The molecule has 4 aliphatic heterocycles. The lowest BCUT2D eigenvalue weighted by atomic mass is 9.74. The van der Waals surface area contributed by atoms with Crippen LogP contribution in [0.4, 0.5) is 11.4 Å². The number of amides is 3. The highest BCUT2D eigenvalue weighted by molar-refractivity contribution is 6.34. The summed E-state index contributed by atoms with van der Waals surface area (Å²) in [5, 5.41) is 11.2. The molecule has 3 aromatic carbocycles. The van der Waals surface area contributed by atoms with Crippen LogP contribution in [0.5, 0.6) is 5.75 Å². The number of fused-ring (bicyclic) bond motifs is 2. The normalized spacial score (nSPS) is 28.9. The lowest BCUT2D eigenvalue weighted by molar-refractivity contribution is -0.148. The highest BCUT2D eigenvalue weighted by Gasteiger charge is 2.75. The number of para-hydroxylation sites is 1. The van der Waals surface area contributed by atoms with Crippen LogP contribution in [0.1, 0.15) is 25.5 Å². The number of carbonyl (C=O) groups is 3. The Morgan fingerprint density at radius 2 is 1.55 bits per heavy atom. The molecular weight excluding hydrogens is 618 g/mol. The van der Waals surface area contributed by atoms with Crippen molar-refractivity contribution in [3.63, 3.8) is 0 Å². The summed E-state index contributed by atoms with van der Waals surface area (Å²) in [6.07, 6.45) is 7.33. The van der Waals surface area contributed by atoms with Crippen molar-refractivity contribution in [3.05, 3.63) is 114 Å². The molecule has 0 saturated carbocycles. The zero-order chi connectivity index (χ0) is 32.9. The third-order valence-electron chi connectivity index (χ3n) is 9.79. The fraction of sp³-hybridized carbons (Fsp3) is 0.324. The summed E-state index contributed by atoms with van der Waals surface area (Å²) in [4.78, 5) is 49.3. The van der Waals surface area contributed by atoms with Gasteiger partial charge in [0.05, 0.1) is 47.4 Å². The fourth-order valence-corrected chi connectivity index (χ4v) is 8.07. The van der Waals surface area contributed by atoms with Gasteiger partial charge < -0.3 is 29.3 Å². The average molecular weight is 654 g/mol. The molecule has 3 amide bonds. The topological polar surface area (TPSA) is 99.6 Å². The minimum atomic E-state index is -1.51. The van der Waals surface area contributed by atoms with Gasteiger partial charge in [-0.2, -0.15) is 0 Å². The van der Waals surface area contributed by atoms with Crippen molar-refractivity contribution in [2.75, 3.05) is 36.1 Å². The van der Waals surface area contributed by atoms with Crippen LogP contribution >= 0.6 is 11.6 Å². The monoisotopic (exact) mass is 653 g/mol. The van der Waals surface area contributed by atoms with E-state index in [1.54, 1.807) is 40.1 Å². The first kappa shape index (κ1) is 31.2. The first-order valence-corrected chi connectivity index (χ1v) is 16.3. The van der Waals surface area contributed by atoms with Crippen LogP contribution in [0.25, 0.3) is 0 Å². The molecule has 1 spiro atoms. The van der Waals surface area contributed by atoms with E-state index >= 15 is 0 Å². The first-order valence-electron chi connectivity index (χ1n) is 15.9. The number of carbonyl (C=O) groups excluding carboxylic acids is 3. The Morgan fingerprint density at radius 3 is 2.26 bits per heavy atom. The van der Waals surface area contributed by atoms with E-state index in [0.717, 1.165) is 0 Å². The first-order chi connectivity index (χ1) is 22.7. The molecule has 0 radical (unpaired) electrons. The van der Waals surface area contributed by atoms with Gasteiger partial charge in [-0.05, 0) is 55.8 Å². The van der Waals surface area contributed by atoms with Crippen molar-refractivity contribution >= 4 is 40.7 Å². The maximum Gasteiger partial charge on any atom is 0.253 e. The van der Waals surface area contributed by atoms with Gasteiger partial charge in [0, 0.05) is 18.8 Å². The van der Waals surface area contributed by atoms with E-state index in [1.807, 2.05) is 86.7 Å². The summed E-state index contributed by atoms with van der Waals surface area (Å²) in [6.45, 7) is 4.25. The van der Waals surface area contributed by atoms with E-state index in [1.165, 1.54) is 4.90 Å². The van der Waals surface area contributed by atoms with Gasteiger partial charge in [0.2, 0.25) is 11.8 Å². The molecular formula is C37H36ClN3O6. The van der Waals surface area contributed by atoms with Crippen molar-refractivity contribution in [2.45, 2.75) is 37.1 Å². The van der Waals surface area contributed by atoms with E-state index in [2.05, 4.69) is 0 Å². The Hall–Kier alpha value is -4.44. The number of hydrogen-bond donors (Lipinski definition) is 1. The van der Waals surface area contributed by atoms with Gasteiger partial charge in [-0.15, -0.1) is 0 Å². The number of ether oxygens (including phenoxy) is 2. The number of aliphatic hydroxyl groups is 1. The van der Waals surface area contributed by atoms with E-state index in [-0.39, 0.29) is 19.0 Å². The Labute approximate surface area is 278 Å². The Balaban J connectivity index is 1.37. The van der Waals surface area contributed by atoms with E-state index in [4.69, 9.17) is 21.1 Å². The molecule has 7 rings (SSSR count). The van der Waals surface area contributed by atoms with Crippen molar-refractivity contribution in [3.8, 4) is 5.75 Å². The molecule has 10 heteroatoms. The smallest absolute Gasteiger partial charge is 0.253 e. The minimum absolute atomic E-state index is 0.178. The number of hydrogen-bond acceptors (Lipinski definition) is 6. The second-order valence-electron chi connectivity index (χ2n) is 12.4. The predicted molar refractivity (Wildman–Crippen MR) is 178 cm³/mol. The van der Waals surface area contributed by atoms with Gasteiger partial charge in [0.1, 0.15) is 17.4 Å². The van der Waals surface area contributed by atoms with Crippen LogP contribution in [0.15, 0.2) is 103 Å². The van der Waals surface area contributed by atoms with Gasteiger partial charge in [-0.3, -0.25) is 14.4 Å². The number of aliphatic hydroxyl groups excluding tert-OH is 1. The van der Waals surface area contributed by atoms with Crippen molar-refractivity contribution in [1.82, 2.24) is 4.90 Å². The van der Waals surface area contributed by atoms with Gasteiger partial charge in [-0.25, -0.2) is 0 Å². The molecule has 0 aliphatic carbocycles. The summed E-state index contributed by atoms with van der Waals surface area (Å²) in [7, 11) is 0. The Morgan fingerprint density at radius 1 is 0.872 bits per heavy atom. The third kappa shape index (κ3) is 4.87. The Kier molecular flexibility index (Phi) is 7.94. The summed E-state index contributed by atoms with van der Waals surface area (Å²) in [5.74, 6) is -2.46. The predicted octanol–water partition coefficient (Wildman–Crippen LogP) is 4.95. The molecule has 6 atom stereocenters. The second kappa shape index (κ2) is 12.0. The lowest BCUT2D eigenvalue weighted by Crippen LogP contribution is -2.57. The Bertz CT molecular complexity index is 1760. The third-order valence-corrected chi connectivity index (χ3v) is 10.1. The van der Waals surface area contributed by atoms with Crippen molar-refractivity contribution < 1.29 is 29.0 Å². The standard InChI is InChI=1S/C37H36ClN3O6/c1-3-46-26-17-15-25(16-18-26)39-21-9-19-36(2)30(33(39)43)31-34(44)41(29(23-42)24-11-5-4-6-12-24)32-35(45)40(22-10-20-37(31,32)47-36)28-14-8-7-13-27(28)38/h4-20,29-32,42H,3,21-23H2,1-2H3/t29-,30+,31+,32?,36-,37+/m1/s1. The number of halogens is 1. The van der Waals surface area contributed by atoms with Gasteiger partial charge >= 0.3 is 0 Å². The van der Waals surface area contributed by atoms with Crippen LogP contribution < -0.4 is 14.5 Å². The van der Waals surface area contributed by atoms with Crippen LogP contribution in [-0.2, 0) is 19.1 Å². The lowest BCUT2D eigenvalue weighted by Gasteiger charge is -2.40. The number of likely N-dealkylation sites (tertiary alicyclic amines) is 1. The number of rotatable bonds is 7. The molecule has 242 valence electrons. The molecule has 0 aromatic heterocycles. The summed E-state index contributed by atoms with van der Waals surface area (Å²) < 4.78 is 12.6. The SMILES string of the molecule is CCOc1ccc(N2CC=C[C@@]3(C)O[C@]45C=CCN(c6ccccc6Cl)C(=O)C4N([C@H](CO)c4ccccc4)C(=O)[C@@H]5[C@H]3C2=O)cc1. The highest BCUT2D eigenvalue weighted by Crippen LogP contribution is 2.59. The van der Waals surface area contributed by atoms with Gasteiger partial charge in [-0.1, -0.05) is 78.4 Å². The molecule has 9 nitrogen and oxygen atoms in total. The van der Waals surface area contributed by atoms with Crippen LogP contribution in [-0.4, -0.2) is 71.3 Å². The molecule has 1 N–H and O–H groups in total. The second-order valence-corrected chi connectivity index (χ2v) is 12.8. The molecule has 4 heterocycles. The van der Waals surface area contributed by atoms with E-state index in [9.17, 15) is 19.5 Å². The maximum atomic E-state index is 15.0. The number of anilines is 2. The van der Waals surface area contributed by atoms with Crippen molar-refractivity contribution in [2.24, 2.45) is 11.8 Å². The number of nitrogens with zero attached hydrogens (tertiary/aromatic N) is 3. The van der Waals surface area contributed by atoms with E-state index < -0.39 is 53.5 Å². The highest BCUT2D eigenvalue weighted by atomic mass is 35.5. The van der Waals surface area contributed by atoms with Crippen LogP contribution in [0.3, 0.4) is 0 Å². The van der Waals surface area contributed by atoms with Crippen LogP contribution in [0, 0.1) is 11.8 Å². The molecule has 3 aromatic rings. The zero-order valence-corrected chi connectivity index (χ0v) is 26.9. The molecule has 47 heavy (non-hydrogen) atoms. The maximum absolute atomic E-state index is 15.0. The molecule has 2 fully saturated rings. The summed E-state index contributed by atoms with van der Waals surface area (Å²) >= 11 is 6.60. The average Bonchev–Trinajstić information content (AvgIpc) is 3.34. The van der Waals surface area contributed by atoms with Crippen molar-refractivity contribution in [1.29, 1.82) is 0 Å². The quantitative estimate of drug-likeness (QED) is 0.363. The zero-order valence-electron chi connectivity index (χ0n) is 26.2. The van der Waals surface area contributed by atoms with E-state index in [0.29, 0.717) is 34.3 Å². The summed E-state index contributed by atoms with van der Waals surface area (Å²) in [5.41, 5.74) is -0.897. The minimum Gasteiger partial charge on any atom is -0.494 e. The van der Waals surface area contributed by atoms with Gasteiger partial charge in [0.25, 0.3) is 5.91 Å². The summed E-state index contributed by atoms with van der Waals surface area (Å²) in [6, 6.07) is 21.4.